The molecule has 1 aliphatic heterocycles. The van der Waals surface area contributed by atoms with Crippen molar-refractivity contribution >= 4 is 29.0 Å². The molecule has 1 aliphatic rings. The first-order valence-electron chi connectivity index (χ1n) is 6.44. The number of carbonyl (C=O) groups excluding carboxylic acids is 1. The Labute approximate surface area is 117 Å². The molecule has 0 aromatic carbocycles. The molecule has 18 heavy (non-hydrogen) atoms. The quantitative estimate of drug-likeness (QED) is 0.798. The lowest BCUT2D eigenvalue weighted by Crippen LogP contribution is -2.48. The molecular weight excluding hydrogens is 264 g/mol. The summed E-state index contributed by atoms with van der Waals surface area (Å²) in [4.78, 5) is 18.7. The summed E-state index contributed by atoms with van der Waals surface area (Å²) in [5.41, 5.74) is 1.04. The second-order valence-electron chi connectivity index (χ2n) is 4.97. The van der Waals surface area contributed by atoms with E-state index in [1.54, 1.807) is 23.1 Å². The van der Waals surface area contributed by atoms with Gasteiger partial charge in [-0.1, -0.05) is 11.8 Å². The first-order valence-corrected chi connectivity index (χ1v) is 8.30. The Kier molecular flexibility index (Phi) is 4.67. The molecule has 3 nitrogen and oxygen atoms in total. The summed E-state index contributed by atoms with van der Waals surface area (Å²) in [5.74, 6) is 0.773. The highest BCUT2D eigenvalue weighted by Gasteiger charge is 2.28. The van der Waals surface area contributed by atoms with Crippen molar-refractivity contribution in [2.75, 3.05) is 5.75 Å². The lowest BCUT2D eigenvalue weighted by Gasteiger charge is -2.39. The maximum Gasteiger partial charge on any atom is 0.233 e. The summed E-state index contributed by atoms with van der Waals surface area (Å²) in [6, 6.07) is 0.778. The van der Waals surface area contributed by atoms with Gasteiger partial charge in [-0.3, -0.25) is 4.79 Å². The molecule has 2 heterocycles. The van der Waals surface area contributed by atoms with E-state index in [9.17, 15) is 4.79 Å². The Morgan fingerprint density at radius 2 is 2.17 bits per heavy atom. The van der Waals surface area contributed by atoms with Gasteiger partial charge in [-0.05, 0) is 40.0 Å². The van der Waals surface area contributed by atoms with Crippen LogP contribution in [0.5, 0.6) is 0 Å². The Bertz CT molecular complexity index is 409. The van der Waals surface area contributed by atoms with E-state index in [4.69, 9.17) is 0 Å². The molecule has 1 saturated heterocycles. The topological polar surface area (TPSA) is 33.2 Å². The molecule has 0 unspecified atom stereocenters. The molecule has 2 atom stereocenters. The number of hydrogen-bond donors (Lipinski definition) is 0. The molecule has 0 saturated carbocycles. The molecule has 1 amide bonds. The van der Waals surface area contributed by atoms with Crippen molar-refractivity contribution in [2.45, 2.75) is 56.5 Å². The number of aromatic nitrogens is 1. The number of carbonyl (C=O) groups is 1. The number of likely N-dealkylation sites (tertiary alicyclic amines) is 1. The minimum Gasteiger partial charge on any atom is -0.337 e. The van der Waals surface area contributed by atoms with Gasteiger partial charge in [0, 0.05) is 23.2 Å². The van der Waals surface area contributed by atoms with E-state index >= 15 is 0 Å². The first-order chi connectivity index (χ1) is 8.58. The molecule has 1 aromatic rings. The van der Waals surface area contributed by atoms with Gasteiger partial charge in [0.2, 0.25) is 5.91 Å². The Morgan fingerprint density at radius 1 is 1.50 bits per heavy atom. The van der Waals surface area contributed by atoms with Gasteiger partial charge in [0.25, 0.3) is 0 Å². The van der Waals surface area contributed by atoms with Gasteiger partial charge in [0.15, 0.2) is 4.34 Å². The van der Waals surface area contributed by atoms with Crippen molar-refractivity contribution in [2.24, 2.45) is 0 Å². The second-order valence-corrected chi connectivity index (χ2v) is 7.05. The van der Waals surface area contributed by atoms with Crippen LogP contribution in [0.4, 0.5) is 0 Å². The standard InChI is InChI=1S/C13H20N2OS2/c1-9-7-17-13(14-9)18-8-12(16)15-10(2)5-4-6-11(15)3/h7,10-11H,4-6,8H2,1-3H3/t10-,11-/m0/s1. The zero-order valence-electron chi connectivity index (χ0n) is 11.2. The fraction of sp³-hybridized carbons (Fsp3) is 0.692. The number of piperidine rings is 1. The predicted molar refractivity (Wildman–Crippen MR) is 77.2 cm³/mol. The van der Waals surface area contributed by atoms with Crippen LogP contribution in [-0.4, -0.2) is 33.6 Å². The summed E-state index contributed by atoms with van der Waals surface area (Å²) in [5, 5.41) is 2.03. The lowest BCUT2D eigenvalue weighted by atomic mass is 9.98. The number of thioether (sulfide) groups is 1. The molecular formula is C13H20N2OS2. The van der Waals surface area contributed by atoms with Crippen LogP contribution in [0.1, 0.15) is 38.8 Å². The van der Waals surface area contributed by atoms with Crippen LogP contribution in [0.3, 0.4) is 0 Å². The molecule has 0 spiro atoms. The van der Waals surface area contributed by atoms with Gasteiger partial charge in [-0.15, -0.1) is 11.3 Å². The van der Waals surface area contributed by atoms with Crippen molar-refractivity contribution < 1.29 is 4.79 Å². The van der Waals surface area contributed by atoms with Crippen LogP contribution in [-0.2, 0) is 4.79 Å². The molecule has 0 radical (unpaired) electrons. The molecule has 100 valence electrons. The van der Waals surface area contributed by atoms with Gasteiger partial charge >= 0.3 is 0 Å². The molecule has 1 fully saturated rings. The monoisotopic (exact) mass is 284 g/mol. The van der Waals surface area contributed by atoms with E-state index in [1.807, 2.05) is 12.3 Å². The Hall–Kier alpha value is -0.550. The van der Waals surface area contributed by atoms with Crippen LogP contribution in [0.2, 0.25) is 0 Å². The third-order valence-corrected chi connectivity index (χ3v) is 5.52. The number of rotatable bonds is 3. The molecule has 1 aromatic heterocycles. The lowest BCUT2D eigenvalue weighted by molar-refractivity contribution is -0.134. The highest BCUT2D eigenvalue weighted by molar-refractivity contribution is 8.01. The number of amides is 1. The van der Waals surface area contributed by atoms with Crippen LogP contribution >= 0.6 is 23.1 Å². The average molecular weight is 284 g/mol. The molecule has 0 bridgehead atoms. The predicted octanol–water partition coefficient (Wildman–Crippen LogP) is 3.33. The summed E-state index contributed by atoms with van der Waals surface area (Å²) >= 11 is 3.18. The van der Waals surface area contributed by atoms with Crippen molar-refractivity contribution in [1.82, 2.24) is 9.88 Å². The van der Waals surface area contributed by atoms with Crippen LogP contribution in [0.15, 0.2) is 9.72 Å². The highest BCUT2D eigenvalue weighted by Crippen LogP contribution is 2.26. The molecule has 5 heteroatoms. The smallest absolute Gasteiger partial charge is 0.233 e. The van der Waals surface area contributed by atoms with Crippen molar-refractivity contribution in [3.63, 3.8) is 0 Å². The third kappa shape index (κ3) is 3.26. The molecule has 2 rings (SSSR count). The van der Waals surface area contributed by atoms with E-state index in [0.29, 0.717) is 17.8 Å². The zero-order valence-corrected chi connectivity index (χ0v) is 12.8. The summed E-state index contributed by atoms with van der Waals surface area (Å²) in [6.45, 7) is 6.30. The fourth-order valence-electron chi connectivity index (χ4n) is 2.51. The van der Waals surface area contributed by atoms with Gasteiger partial charge in [-0.25, -0.2) is 4.98 Å². The molecule has 0 N–H and O–H groups in total. The van der Waals surface area contributed by atoms with Gasteiger partial charge in [-0.2, -0.15) is 0 Å². The summed E-state index contributed by atoms with van der Waals surface area (Å²) in [6.07, 6.45) is 3.51. The van der Waals surface area contributed by atoms with Gasteiger partial charge in [0.1, 0.15) is 0 Å². The Morgan fingerprint density at radius 3 is 2.72 bits per heavy atom. The second kappa shape index (κ2) is 6.06. The van der Waals surface area contributed by atoms with Crippen LogP contribution in [0, 0.1) is 6.92 Å². The molecule has 0 aliphatic carbocycles. The maximum atomic E-state index is 12.3. The van der Waals surface area contributed by atoms with Crippen LogP contribution in [0.25, 0.3) is 0 Å². The number of aryl methyl sites for hydroxylation is 1. The van der Waals surface area contributed by atoms with E-state index in [1.165, 1.54) is 6.42 Å². The average Bonchev–Trinajstić information content (AvgIpc) is 2.72. The number of hydrogen-bond acceptors (Lipinski definition) is 4. The largest absolute Gasteiger partial charge is 0.337 e. The van der Waals surface area contributed by atoms with E-state index in [2.05, 4.69) is 23.7 Å². The minimum absolute atomic E-state index is 0.257. The highest BCUT2D eigenvalue weighted by atomic mass is 32.2. The first kappa shape index (κ1) is 13.9. The van der Waals surface area contributed by atoms with E-state index < -0.39 is 0 Å². The zero-order chi connectivity index (χ0) is 13.1. The fourth-order valence-corrected chi connectivity index (χ4v) is 4.23. The number of thiazole rings is 1. The summed E-state index contributed by atoms with van der Waals surface area (Å²) < 4.78 is 0.998. The summed E-state index contributed by atoms with van der Waals surface area (Å²) in [7, 11) is 0. The minimum atomic E-state index is 0.257. The van der Waals surface area contributed by atoms with Crippen LogP contribution < -0.4 is 0 Å². The third-order valence-electron chi connectivity index (χ3n) is 3.40. The maximum absolute atomic E-state index is 12.3. The van der Waals surface area contributed by atoms with Gasteiger partial charge in [0.05, 0.1) is 5.75 Å². The van der Waals surface area contributed by atoms with E-state index in [-0.39, 0.29) is 5.91 Å². The SMILES string of the molecule is Cc1csc(SCC(=O)N2[C@@H](C)CCC[C@@H]2C)n1. The van der Waals surface area contributed by atoms with Gasteiger partial charge < -0.3 is 4.90 Å². The Balaban J connectivity index is 1.90. The van der Waals surface area contributed by atoms with Crippen molar-refractivity contribution in [1.29, 1.82) is 0 Å². The number of nitrogens with zero attached hydrogens (tertiary/aromatic N) is 2. The van der Waals surface area contributed by atoms with E-state index in [0.717, 1.165) is 22.9 Å². The van der Waals surface area contributed by atoms with Crippen molar-refractivity contribution in [3.8, 4) is 0 Å². The van der Waals surface area contributed by atoms with Crippen molar-refractivity contribution in [3.05, 3.63) is 11.1 Å². The normalized spacial score (nSPS) is 24.3.